The third-order valence-electron chi connectivity index (χ3n) is 7.66. The van der Waals surface area contributed by atoms with E-state index in [1.165, 1.54) is 31.2 Å². The van der Waals surface area contributed by atoms with Crippen molar-refractivity contribution in [2.24, 2.45) is 5.92 Å². The number of nitrogens with zero attached hydrogens (tertiary/aromatic N) is 4. The van der Waals surface area contributed by atoms with Crippen LogP contribution < -0.4 is 0 Å². The summed E-state index contributed by atoms with van der Waals surface area (Å²) in [6.45, 7) is 8.41. The van der Waals surface area contributed by atoms with Gasteiger partial charge in [-0.1, -0.05) is 30.3 Å². The van der Waals surface area contributed by atoms with Gasteiger partial charge in [0.05, 0.1) is 11.1 Å². The summed E-state index contributed by atoms with van der Waals surface area (Å²) in [5.74, 6) is 1.23. The van der Waals surface area contributed by atoms with Crippen molar-refractivity contribution >= 4 is 23.0 Å². The number of carbonyl (C=O) groups excluding carboxylic acids is 2. The lowest BCUT2D eigenvalue weighted by Gasteiger charge is -2.35. The molecule has 1 aliphatic heterocycles. The van der Waals surface area contributed by atoms with Crippen molar-refractivity contribution in [1.82, 2.24) is 19.4 Å². The lowest BCUT2D eigenvalue weighted by Crippen LogP contribution is -2.51. The first-order valence-corrected chi connectivity index (χ1v) is 13.5. The Morgan fingerprint density at radius 1 is 0.919 bits per heavy atom. The van der Waals surface area contributed by atoms with Gasteiger partial charge in [-0.05, 0) is 76.0 Å². The van der Waals surface area contributed by atoms with Crippen molar-refractivity contribution < 1.29 is 14.3 Å². The van der Waals surface area contributed by atoms with Crippen LogP contribution in [-0.4, -0.2) is 63.1 Å². The third kappa shape index (κ3) is 5.81. The van der Waals surface area contributed by atoms with Gasteiger partial charge in [-0.2, -0.15) is 0 Å². The molecule has 1 aromatic carbocycles. The van der Waals surface area contributed by atoms with Gasteiger partial charge < -0.3 is 19.1 Å². The van der Waals surface area contributed by atoms with E-state index in [9.17, 15) is 9.59 Å². The average molecular weight is 503 g/mol. The number of benzene rings is 1. The molecule has 196 valence electrons. The molecule has 3 aromatic rings. The highest BCUT2D eigenvalue weighted by Crippen LogP contribution is 2.37. The standard InChI is InChI=1S/C30H38N4O3/c1-30(2,3)37-29(36)33-18-16-32(17-19-33)28(35)25-21-34(26-10-7-15-31-27(25)26)20-22-11-13-24(14-12-22)23-8-5-4-6-9-23/h4-10,15,21-22,24H,11-14,16-20H2,1-3H3. The zero-order valence-electron chi connectivity index (χ0n) is 22.2. The topological polar surface area (TPSA) is 67.7 Å². The highest BCUT2D eigenvalue weighted by atomic mass is 16.6. The van der Waals surface area contributed by atoms with Crippen molar-refractivity contribution in [3.05, 3.63) is 66.0 Å². The monoisotopic (exact) mass is 502 g/mol. The smallest absolute Gasteiger partial charge is 0.410 e. The zero-order valence-corrected chi connectivity index (χ0v) is 22.2. The molecule has 3 heterocycles. The summed E-state index contributed by atoms with van der Waals surface area (Å²) in [7, 11) is 0. The molecule has 2 fully saturated rings. The second-order valence-electron chi connectivity index (χ2n) is 11.5. The molecule has 0 radical (unpaired) electrons. The summed E-state index contributed by atoms with van der Waals surface area (Å²) in [5.41, 5.74) is 3.36. The van der Waals surface area contributed by atoms with Crippen LogP contribution in [0.4, 0.5) is 4.79 Å². The quantitative estimate of drug-likeness (QED) is 0.459. The fourth-order valence-corrected chi connectivity index (χ4v) is 5.70. The molecule has 1 saturated heterocycles. The van der Waals surface area contributed by atoms with E-state index in [-0.39, 0.29) is 12.0 Å². The molecule has 0 atom stereocenters. The molecule has 0 unspecified atom stereocenters. The van der Waals surface area contributed by atoms with Crippen molar-refractivity contribution in [1.29, 1.82) is 0 Å². The van der Waals surface area contributed by atoms with E-state index in [4.69, 9.17) is 4.74 Å². The number of ether oxygens (including phenoxy) is 1. The summed E-state index contributed by atoms with van der Waals surface area (Å²) in [6, 6.07) is 14.9. The van der Waals surface area contributed by atoms with Gasteiger partial charge in [0.1, 0.15) is 11.1 Å². The zero-order chi connectivity index (χ0) is 26.0. The number of piperazine rings is 1. The lowest BCUT2D eigenvalue weighted by molar-refractivity contribution is 0.0141. The van der Waals surface area contributed by atoms with Gasteiger partial charge in [0.25, 0.3) is 5.91 Å². The molecule has 5 rings (SSSR count). The number of aromatic nitrogens is 2. The Labute approximate surface area is 219 Å². The highest BCUT2D eigenvalue weighted by Gasteiger charge is 2.30. The fourth-order valence-electron chi connectivity index (χ4n) is 5.70. The van der Waals surface area contributed by atoms with Gasteiger partial charge in [-0.3, -0.25) is 9.78 Å². The Hall–Kier alpha value is -3.35. The molecule has 2 aliphatic rings. The number of rotatable bonds is 4. The Morgan fingerprint density at radius 2 is 1.59 bits per heavy atom. The minimum Gasteiger partial charge on any atom is -0.444 e. The van der Waals surface area contributed by atoms with Crippen molar-refractivity contribution in [2.75, 3.05) is 26.2 Å². The molecule has 0 spiro atoms. The van der Waals surface area contributed by atoms with Crippen LogP contribution in [0.2, 0.25) is 0 Å². The number of amides is 2. The Balaban J connectivity index is 1.24. The SMILES string of the molecule is CC(C)(C)OC(=O)N1CCN(C(=O)c2cn(CC3CCC(c4ccccc4)CC3)c3cccnc23)CC1. The highest BCUT2D eigenvalue weighted by molar-refractivity contribution is 6.05. The summed E-state index contributed by atoms with van der Waals surface area (Å²) < 4.78 is 7.73. The Bertz CT molecular complexity index is 1230. The van der Waals surface area contributed by atoms with Crippen LogP contribution >= 0.6 is 0 Å². The summed E-state index contributed by atoms with van der Waals surface area (Å²) in [4.78, 5) is 34.1. The molecule has 37 heavy (non-hydrogen) atoms. The van der Waals surface area contributed by atoms with Crippen LogP contribution in [0.15, 0.2) is 54.9 Å². The average Bonchev–Trinajstić information content (AvgIpc) is 3.26. The predicted molar refractivity (Wildman–Crippen MR) is 145 cm³/mol. The largest absolute Gasteiger partial charge is 0.444 e. The summed E-state index contributed by atoms with van der Waals surface area (Å²) >= 11 is 0. The van der Waals surface area contributed by atoms with Crippen LogP contribution in [0.3, 0.4) is 0 Å². The molecule has 2 amide bonds. The number of hydrogen-bond donors (Lipinski definition) is 0. The first-order chi connectivity index (χ1) is 17.8. The third-order valence-corrected chi connectivity index (χ3v) is 7.66. The van der Waals surface area contributed by atoms with E-state index in [0.717, 1.165) is 17.6 Å². The van der Waals surface area contributed by atoms with E-state index in [1.807, 2.05) is 37.9 Å². The first kappa shape index (κ1) is 25.3. The van der Waals surface area contributed by atoms with Crippen LogP contribution in [0.5, 0.6) is 0 Å². The van der Waals surface area contributed by atoms with Crippen LogP contribution in [0, 0.1) is 5.92 Å². The maximum absolute atomic E-state index is 13.6. The predicted octanol–water partition coefficient (Wildman–Crippen LogP) is 5.70. The summed E-state index contributed by atoms with van der Waals surface area (Å²) in [5, 5.41) is 0. The molecule has 2 aromatic heterocycles. The number of pyridine rings is 1. The molecule has 0 N–H and O–H groups in total. The van der Waals surface area contributed by atoms with Crippen molar-refractivity contribution in [3.63, 3.8) is 0 Å². The van der Waals surface area contributed by atoms with Crippen molar-refractivity contribution in [3.8, 4) is 0 Å². The van der Waals surface area contributed by atoms with Crippen LogP contribution in [-0.2, 0) is 11.3 Å². The van der Waals surface area contributed by atoms with E-state index >= 15 is 0 Å². The van der Waals surface area contributed by atoms with E-state index in [1.54, 1.807) is 11.1 Å². The van der Waals surface area contributed by atoms with E-state index in [2.05, 4.69) is 45.9 Å². The normalized spacial score (nSPS) is 20.7. The van der Waals surface area contributed by atoms with Gasteiger partial charge in [0.2, 0.25) is 0 Å². The molecule has 1 aliphatic carbocycles. The number of carbonyl (C=O) groups is 2. The van der Waals surface area contributed by atoms with Gasteiger partial charge in [0.15, 0.2) is 0 Å². The molecule has 1 saturated carbocycles. The molecule has 7 nitrogen and oxygen atoms in total. The van der Waals surface area contributed by atoms with Gasteiger partial charge in [-0.25, -0.2) is 4.79 Å². The summed E-state index contributed by atoms with van der Waals surface area (Å²) in [6.07, 6.45) is 8.24. The van der Waals surface area contributed by atoms with Gasteiger partial charge >= 0.3 is 6.09 Å². The van der Waals surface area contributed by atoms with E-state index < -0.39 is 5.60 Å². The van der Waals surface area contributed by atoms with Crippen molar-refractivity contribution in [2.45, 2.75) is 64.5 Å². The second kappa shape index (κ2) is 10.6. The van der Waals surface area contributed by atoms with Gasteiger partial charge in [-0.15, -0.1) is 0 Å². The number of hydrogen-bond acceptors (Lipinski definition) is 4. The second-order valence-corrected chi connectivity index (χ2v) is 11.5. The number of fused-ring (bicyclic) bond motifs is 1. The minimum absolute atomic E-state index is 0.0147. The fraction of sp³-hybridized carbons (Fsp3) is 0.500. The molecule has 7 heteroatoms. The minimum atomic E-state index is -0.529. The maximum Gasteiger partial charge on any atom is 0.410 e. The van der Waals surface area contributed by atoms with Crippen LogP contribution in [0.1, 0.15) is 68.3 Å². The van der Waals surface area contributed by atoms with Crippen LogP contribution in [0.25, 0.3) is 11.0 Å². The Kier molecular flexibility index (Phi) is 7.22. The van der Waals surface area contributed by atoms with E-state index in [0.29, 0.717) is 43.6 Å². The Morgan fingerprint density at radius 3 is 2.27 bits per heavy atom. The maximum atomic E-state index is 13.6. The molecular formula is C30H38N4O3. The molecular weight excluding hydrogens is 464 g/mol. The molecule has 0 bridgehead atoms. The van der Waals surface area contributed by atoms with Gasteiger partial charge in [0, 0.05) is 45.1 Å². The first-order valence-electron chi connectivity index (χ1n) is 13.5. The lowest BCUT2D eigenvalue weighted by atomic mass is 9.78.